The standard InChI is InChI=1S/C11H23NO/c1-3-5-10(6-4-2)7-11(10,8-12)9-13/h13H,3-9,12H2,1-2H3. The highest BCUT2D eigenvalue weighted by atomic mass is 16.3. The van der Waals surface area contributed by atoms with Crippen molar-refractivity contribution in [3.63, 3.8) is 0 Å². The van der Waals surface area contributed by atoms with Gasteiger partial charge in [-0.3, -0.25) is 0 Å². The summed E-state index contributed by atoms with van der Waals surface area (Å²) in [7, 11) is 0. The summed E-state index contributed by atoms with van der Waals surface area (Å²) in [6, 6.07) is 0. The topological polar surface area (TPSA) is 46.2 Å². The van der Waals surface area contributed by atoms with E-state index >= 15 is 0 Å². The van der Waals surface area contributed by atoms with Crippen LogP contribution in [-0.2, 0) is 0 Å². The Morgan fingerprint density at radius 1 is 1.15 bits per heavy atom. The molecule has 78 valence electrons. The molecule has 1 fully saturated rings. The Bertz CT molecular complexity index is 157. The molecule has 3 N–H and O–H groups in total. The van der Waals surface area contributed by atoms with Crippen LogP contribution in [0.4, 0.5) is 0 Å². The van der Waals surface area contributed by atoms with Crippen LogP contribution in [-0.4, -0.2) is 18.3 Å². The number of hydrogen-bond acceptors (Lipinski definition) is 2. The van der Waals surface area contributed by atoms with Gasteiger partial charge >= 0.3 is 0 Å². The van der Waals surface area contributed by atoms with Crippen molar-refractivity contribution in [3.05, 3.63) is 0 Å². The molecule has 1 unspecified atom stereocenters. The van der Waals surface area contributed by atoms with E-state index in [1.807, 2.05) is 0 Å². The van der Waals surface area contributed by atoms with Crippen LogP contribution < -0.4 is 5.73 Å². The minimum absolute atomic E-state index is 0.0824. The van der Waals surface area contributed by atoms with Crippen LogP contribution in [0, 0.1) is 10.8 Å². The van der Waals surface area contributed by atoms with Crippen molar-refractivity contribution in [3.8, 4) is 0 Å². The molecule has 1 aliphatic rings. The molecule has 0 spiro atoms. The first-order valence-corrected chi connectivity index (χ1v) is 5.51. The maximum Gasteiger partial charge on any atom is 0.0505 e. The number of aliphatic hydroxyl groups is 1. The fourth-order valence-corrected chi connectivity index (χ4v) is 2.97. The molecule has 1 saturated carbocycles. The molecule has 0 aromatic carbocycles. The van der Waals surface area contributed by atoms with Crippen molar-refractivity contribution in [2.75, 3.05) is 13.2 Å². The molecule has 13 heavy (non-hydrogen) atoms. The van der Waals surface area contributed by atoms with E-state index < -0.39 is 0 Å². The third-order valence-electron chi connectivity index (χ3n) is 3.83. The quantitative estimate of drug-likeness (QED) is 0.664. The van der Waals surface area contributed by atoms with Gasteiger partial charge < -0.3 is 10.8 Å². The van der Waals surface area contributed by atoms with Gasteiger partial charge in [-0.05, 0) is 24.7 Å². The molecule has 2 heteroatoms. The van der Waals surface area contributed by atoms with Gasteiger partial charge in [0.15, 0.2) is 0 Å². The Hall–Kier alpha value is -0.0800. The summed E-state index contributed by atoms with van der Waals surface area (Å²) in [6.45, 7) is 5.37. The molecule has 0 saturated heterocycles. The number of nitrogens with two attached hydrogens (primary N) is 1. The zero-order chi connectivity index (χ0) is 9.95. The van der Waals surface area contributed by atoms with Gasteiger partial charge in [0, 0.05) is 12.0 Å². The maximum absolute atomic E-state index is 9.37. The summed E-state index contributed by atoms with van der Waals surface area (Å²) in [5.41, 5.74) is 6.23. The third kappa shape index (κ3) is 1.62. The van der Waals surface area contributed by atoms with Crippen LogP contribution >= 0.6 is 0 Å². The predicted molar refractivity (Wildman–Crippen MR) is 55.4 cm³/mol. The number of rotatable bonds is 6. The average Bonchev–Trinajstić information content (AvgIpc) is 2.76. The average molecular weight is 185 g/mol. The minimum atomic E-state index is 0.0824. The lowest BCUT2D eigenvalue weighted by Gasteiger charge is -2.22. The van der Waals surface area contributed by atoms with Gasteiger partial charge in [0.2, 0.25) is 0 Å². The second kappa shape index (κ2) is 3.97. The van der Waals surface area contributed by atoms with E-state index in [4.69, 9.17) is 5.73 Å². The molecule has 1 atom stereocenters. The van der Waals surface area contributed by atoms with Crippen molar-refractivity contribution in [1.82, 2.24) is 0 Å². The van der Waals surface area contributed by atoms with Crippen molar-refractivity contribution in [2.24, 2.45) is 16.6 Å². The number of hydrogen-bond donors (Lipinski definition) is 2. The molecule has 1 aliphatic carbocycles. The van der Waals surface area contributed by atoms with Crippen LogP contribution in [0.5, 0.6) is 0 Å². The van der Waals surface area contributed by atoms with Gasteiger partial charge in [-0.15, -0.1) is 0 Å². The first-order valence-electron chi connectivity index (χ1n) is 5.51. The summed E-state index contributed by atoms with van der Waals surface area (Å²) in [4.78, 5) is 0. The zero-order valence-electron chi connectivity index (χ0n) is 8.97. The fraction of sp³-hybridized carbons (Fsp3) is 1.00. The SMILES string of the molecule is CCCC1(CCC)CC1(CN)CO. The lowest BCUT2D eigenvalue weighted by atomic mass is 9.85. The monoisotopic (exact) mass is 185 g/mol. The van der Waals surface area contributed by atoms with Crippen LogP contribution in [0.1, 0.15) is 46.0 Å². The molecule has 0 aliphatic heterocycles. The molecule has 0 amide bonds. The third-order valence-corrected chi connectivity index (χ3v) is 3.83. The Morgan fingerprint density at radius 3 is 1.92 bits per heavy atom. The molecular formula is C11H23NO. The van der Waals surface area contributed by atoms with Crippen molar-refractivity contribution in [1.29, 1.82) is 0 Å². The summed E-state index contributed by atoms with van der Waals surface area (Å²) >= 11 is 0. The molecule has 0 aromatic rings. The molecule has 0 heterocycles. The van der Waals surface area contributed by atoms with E-state index in [2.05, 4.69) is 13.8 Å². The second-order valence-corrected chi connectivity index (χ2v) is 4.60. The van der Waals surface area contributed by atoms with Gasteiger partial charge in [-0.1, -0.05) is 26.7 Å². The molecule has 0 radical (unpaired) electrons. The largest absolute Gasteiger partial charge is 0.396 e. The Kier molecular flexibility index (Phi) is 3.36. The van der Waals surface area contributed by atoms with Crippen molar-refractivity contribution >= 4 is 0 Å². The molecule has 2 nitrogen and oxygen atoms in total. The van der Waals surface area contributed by atoms with Gasteiger partial charge in [-0.2, -0.15) is 0 Å². The smallest absolute Gasteiger partial charge is 0.0505 e. The predicted octanol–water partition coefficient (Wildman–Crippen LogP) is 1.91. The summed E-state index contributed by atoms with van der Waals surface area (Å²) < 4.78 is 0. The zero-order valence-corrected chi connectivity index (χ0v) is 8.97. The van der Waals surface area contributed by atoms with Crippen molar-refractivity contribution < 1.29 is 5.11 Å². The Balaban J connectivity index is 2.62. The molecule has 0 aromatic heterocycles. The van der Waals surface area contributed by atoms with Gasteiger partial charge in [0.25, 0.3) is 0 Å². The molecule has 0 bridgehead atoms. The normalized spacial score (nSPS) is 30.5. The van der Waals surface area contributed by atoms with Crippen LogP contribution in [0.3, 0.4) is 0 Å². The number of aliphatic hydroxyl groups excluding tert-OH is 1. The van der Waals surface area contributed by atoms with E-state index in [1.54, 1.807) is 0 Å². The highest BCUT2D eigenvalue weighted by molar-refractivity contribution is 5.14. The first kappa shape index (κ1) is 11.0. The van der Waals surface area contributed by atoms with Gasteiger partial charge in [0.05, 0.1) is 6.61 Å². The summed E-state index contributed by atoms with van der Waals surface area (Å²) in [6.07, 6.45) is 6.04. The highest BCUT2D eigenvalue weighted by Gasteiger charge is 2.64. The van der Waals surface area contributed by atoms with Gasteiger partial charge in [-0.25, -0.2) is 0 Å². The molecule has 1 rings (SSSR count). The van der Waals surface area contributed by atoms with Crippen LogP contribution in [0.15, 0.2) is 0 Å². The second-order valence-electron chi connectivity index (χ2n) is 4.60. The van der Waals surface area contributed by atoms with E-state index in [9.17, 15) is 5.11 Å². The lowest BCUT2D eigenvalue weighted by Crippen LogP contribution is -2.27. The van der Waals surface area contributed by atoms with Crippen LogP contribution in [0.25, 0.3) is 0 Å². The van der Waals surface area contributed by atoms with E-state index in [1.165, 1.54) is 25.7 Å². The minimum Gasteiger partial charge on any atom is -0.396 e. The van der Waals surface area contributed by atoms with E-state index in [-0.39, 0.29) is 12.0 Å². The summed E-state index contributed by atoms with van der Waals surface area (Å²) in [5.74, 6) is 0. The Morgan fingerprint density at radius 2 is 1.69 bits per heavy atom. The van der Waals surface area contributed by atoms with E-state index in [0.717, 1.165) is 6.42 Å². The summed E-state index contributed by atoms with van der Waals surface area (Å²) in [5, 5.41) is 9.37. The highest BCUT2D eigenvalue weighted by Crippen LogP contribution is 2.68. The first-order chi connectivity index (χ1) is 6.20. The maximum atomic E-state index is 9.37. The lowest BCUT2D eigenvalue weighted by molar-refractivity contribution is 0.164. The van der Waals surface area contributed by atoms with Crippen LogP contribution in [0.2, 0.25) is 0 Å². The Labute approximate surface area is 81.5 Å². The van der Waals surface area contributed by atoms with Gasteiger partial charge in [0.1, 0.15) is 0 Å². The molecular weight excluding hydrogens is 162 g/mol. The van der Waals surface area contributed by atoms with Crippen molar-refractivity contribution in [2.45, 2.75) is 46.0 Å². The fourth-order valence-electron chi connectivity index (χ4n) is 2.97. The van der Waals surface area contributed by atoms with E-state index in [0.29, 0.717) is 12.0 Å².